The van der Waals surface area contributed by atoms with Gasteiger partial charge in [0.1, 0.15) is 0 Å². The van der Waals surface area contributed by atoms with E-state index in [9.17, 15) is 91.0 Å². The summed E-state index contributed by atoms with van der Waals surface area (Å²) in [5.74, 6) is -17.8. The predicted octanol–water partition coefficient (Wildman–Crippen LogP) is 7.54. The molecule has 0 heterocycles. The van der Waals surface area contributed by atoms with E-state index in [1.807, 2.05) is 0 Å². The molecule has 0 saturated heterocycles. The zero-order valence-electron chi connectivity index (χ0n) is 30.5. The van der Waals surface area contributed by atoms with Crippen molar-refractivity contribution in [3.8, 4) is 22.3 Å². The van der Waals surface area contributed by atoms with Crippen LogP contribution >= 0.6 is 0 Å². The number of hydrogen-bond donors (Lipinski definition) is 8. The third-order valence-corrected chi connectivity index (χ3v) is 8.22. The molecule has 0 aromatic heterocycles. The average Bonchev–Trinajstić information content (AvgIpc) is 3.14. The molecule has 65 heavy (non-hydrogen) atoms. The Morgan fingerprint density at radius 2 is 0.415 bits per heavy atom. The molecule has 10 N–H and O–H groups in total. The summed E-state index contributed by atoms with van der Waals surface area (Å²) in [6.45, 7) is 0. The number of rotatable bonds is 10. The molecule has 0 fully saturated rings. The summed E-state index contributed by atoms with van der Waals surface area (Å²) in [7, 11) is 0. The second kappa shape index (κ2) is 18.2. The van der Waals surface area contributed by atoms with Crippen LogP contribution < -0.4 is 0 Å². The maximum atomic E-state index is 13.4. The average molecular weight is 950 g/mol. The van der Waals surface area contributed by atoms with Gasteiger partial charge < -0.3 is 46.3 Å². The van der Waals surface area contributed by atoms with Gasteiger partial charge in [0.25, 0.3) is 0 Å². The second-order valence-electron chi connectivity index (χ2n) is 12.2. The molecule has 4 rings (SSSR count). The highest BCUT2D eigenvalue weighted by Crippen LogP contribution is 2.43. The van der Waals surface area contributed by atoms with Crippen molar-refractivity contribution in [1.82, 2.24) is 0 Å². The van der Waals surface area contributed by atoms with E-state index in [2.05, 4.69) is 0 Å². The van der Waals surface area contributed by atoms with Gasteiger partial charge in [-0.1, -0.05) is 0 Å². The number of carboxylic acids is 8. The molecule has 348 valence electrons. The highest BCUT2D eigenvalue weighted by Gasteiger charge is 2.43. The van der Waals surface area contributed by atoms with Crippen molar-refractivity contribution in [2.24, 2.45) is 0 Å². The van der Waals surface area contributed by atoms with Gasteiger partial charge in [0, 0.05) is 0 Å². The highest BCUT2D eigenvalue weighted by atomic mass is 19.4. The van der Waals surface area contributed by atoms with Crippen molar-refractivity contribution in [3.63, 3.8) is 0 Å². The van der Waals surface area contributed by atoms with Crippen LogP contribution in [0.25, 0.3) is 22.3 Å². The van der Waals surface area contributed by atoms with Crippen molar-refractivity contribution < 1.29 is 137 Å². The van der Waals surface area contributed by atoms with Crippen LogP contribution in [-0.4, -0.2) is 94.1 Å². The summed E-state index contributed by atoms with van der Waals surface area (Å²) in [6, 6.07) is 1.33. The third-order valence-electron chi connectivity index (χ3n) is 8.22. The Balaban J connectivity index is 0.000000440. The molecule has 0 unspecified atom stereocenters. The summed E-state index contributed by atoms with van der Waals surface area (Å²) >= 11 is 0. The number of benzene rings is 4. The van der Waals surface area contributed by atoms with E-state index in [4.69, 9.17) is 40.9 Å². The highest BCUT2D eigenvalue weighted by molar-refractivity contribution is 6.08. The maximum Gasteiger partial charge on any atom is 0.417 e. The van der Waals surface area contributed by atoms with Crippen molar-refractivity contribution in [2.45, 2.75) is 24.7 Å². The first-order valence-electron chi connectivity index (χ1n) is 15.8. The Bertz CT molecular complexity index is 2330. The Hall–Kier alpha value is -8.24. The van der Waals surface area contributed by atoms with Gasteiger partial charge in [0.05, 0.1) is 66.8 Å². The maximum absolute atomic E-state index is 13.4. The van der Waals surface area contributed by atoms with E-state index < -0.39 is 161 Å². The van der Waals surface area contributed by atoms with Gasteiger partial charge in [-0.2, -0.15) is 52.7 Å². The van der Waals surface area contributed by atoms with E-state index in [-0.39, 0.29) is 29.7 Å². The lowest BCUT2D eigenvalue weighted by molar-refractivity contribution is -0.139. The van der Waals surface area contributed by atoms with Gasteiger partial charge in [-0.3, -0.25) is 0 Å². The normalized spacial score (nSPS) is 11.6. The van der Waals surface area contributed by atoms with Crippen LogP contribution in [0.5, 0.6) is 0 Å². The van der Waals surface area contributed by atoms with Crippen molar-refractivity contribution >= 4 is 47.8 Å². The molecule has 0 aliphatic rings. The molecule has 0 bridgehead atoms. The van der Waals surface area contributed by atoms with Gasteiger partial charge in [-0.25, -0.2) is 38.4 Å². The quantitative estimate of drug-likeness (QED) is 0.0711. The molecule has 17 nitrogen and oxygen atoms in total. The molecule has 0 radical (unpaired) electrons. The molecule has 0 aliphatic heterocycles. The van der Waals surface area contributed by atoms with Gasteiger partial charge in [-0.05, 0) is 70.8 Å². The fourth-order valence-corrected chi connectivity index (χ4v) is 5.73. The standard InChI is InChI=1S/2C18H8F6O8.H2O/c2*19-17(20,21)9-3-5(1-7(13(25)26)11(9)15(29)30)6-2-8(14(27)28)12(16(31)32)10(4-6)18(22,23)24;/h2*1-4H,(H,25,26)(H,27,28)(H,29,30)(H,31,32);1H2. The van der Waals surface area contributed by atoms with E-state index in [0.29, 0.717) is 24.3 Å². The molecule has 0 amide bonds. The SMILES string of the molecule is O.O=C(O)c1cc(-c2cc(C(=O)O)c(C(=O)O)c(C(F)(F)F)c2)cc(C(F)(F)F)c1C(=O)O.O=C(O)c1cc(-c2cc(C(=O)O)c(C(=O)O)c(C(F)(F)F)c2)cc(C(F)(F)F)c1C(=O)O. The van der Waals surface area contributed by atoms with E-state index in [1.54, 1.807) is 0 Å². The molecule has 29 heteroatoms. The summed E-state index contributed by atoms with van der Waals surface area (Å²) < 4.78 is 161. The summed E-state index contributed by atoms with van der Waals surface area (Å²) in [5.41, 5.74) is -24.3. The fourth-order valence-electron chi connectivity index (χ4n) is 5.73. The number of carboxylic acid groups (broad SMARTS) is 8. The monoisotopic (exact) mass is 950 g/mol. The summed E-state index contributed by atoms with van der Waals surface area (Å²) in [5, 5.41) is 72.7. The number of halogens is 12. The lowest BCUT2D eigenvalue weighted by Crippen LogP contribution is -2.19. The third kappa shape index (κ3) is 11.2. The first kappa shape index (κ1) is 52.9. The van der Waals surface area contributed by atoms with Gasteiger partial charge in [0.2, 0.25) is 0 Å². The smallest absolute Gasteiger partial charge is 0.417 e. The van der Waals surface area contributed by atoms with Crippen LogP contribution in [-0.2, 0) is 24.7 Å². The van der Waals surface area contributed by atoms with Crippen LogP contribution in [0.1, 0.15) is 105 Å². The number of aromatic carboxylic acids is 8. The van der Waals surface area contributed by atoms with Gasteiger partial charge >= 0.3 is 72.5 Å². The lowest BCUT2D eigenvalue weighted by atomic mass is 9.90. The van der Waals surface area contributed by atoms with Gasteiger partial charge in [-0.15, -0.1) is 0 Å². The lowest BCUT2D eigenvalue weighted by Gasteiger charge is -2.18. The number of alkyl halides is 12. The Morgan fingerprint density at radius 1 is 0.277 bits per heavy atom. The molecular weight excluding hydrogens is 932 g/mol. The molecule has 0 saturated carbocycles. The van der Waals surface area contributed by atoms with Crippen molar-refractivity contribution in [3.05, 3.63) is 115 Å². The van der Waals surface area contributed by atoms with Crippen molar-refractivity contribution in [1.29, 1.82) is 0 Å². The molecular formula is C36H18F12O17. The Kier molecular flexibility index (Phi) is 14.8. The molecule has 4 aromatic rings. The number of hydrogen-bond acceptors (Lipinski definition) is 8. The molecule has 0 atom stereocenters. The number of carbonyl (C=O) groups is 8. The Labute approximate surface area is 347 Å². The summed E-state index contributed by atoms with van der Waals surface area (Å²) in [6.07, 6.45) is -21.8. The zero-order valence-corrected chi connectivity index (χ0v) is 30.5. The van der Waals surface area contributed by atoms with E-state index in [0.717, 1.165) is 0 Å². The van der Waals surface area contributed by atoms with Gasteiger partial charge in [0.15, 0.2) is 0 Å². The minimum Gasteiger partial charge on any atom is -0.478 e. The Morgan fingerprint density at radius 3 is 0.508 bits per heavy atom. The molecule has 4 aromatic carbocycles. The van der Waals surface area contributed by atoms with E-state index >= 15 is 0 Å². The minimum atomic E-state index is -5.46. The largest absolute Gasteiger partial charge is 0.478 e. The fraction of sp³-hybridized carbons (Fsp3) is 0.111. The van der Waals surface area contributed by atoms with Crippen LogP contribution in [0.4, 0.5) is 52.7 Å². The molecule has 0 aliphatic carbocycles. The second-order valence-corrected chi connectivity index (χ2v) is 12.2. The predicted molar refractivity (Wildman–Crippen MR) is 183 cm³/mol. The van der Waals surface area contributed by atoms with Crippen LogP contribution in [0.3, 0.4) is 0 Å². The first-order valence-corrected chi connectivity index (χ1v) is 15.8. The van der Waals surface area contributed by atoms with Crippen LogP contribution in [0.15, 0.2) is 48.5 Å². The summed E-state index contributed by atoms with van der Waals surface area (Å²) in [4.78, 5) is 90.3. The minimum absolute atomic E-state index is 0. The van der Waals surface area contributed by atoms with E-state index in [1.165, 1.54) is 0 Å². The van der Waals surface area contributed by atoms with Crippen molar-refractivity contribution in [2.75, 3.05) is 0 Å². The zero-order chi connectivity index (χ0) is 49.5. The van der Waals surface area contributed by atoms with Crippen LogP contribution in [0.2, 0.25) is 0 Å². The van der Waals surface area contributed by atoms with Crippen LogP contribution in [0, 0.1) is 0 Å². The molecule has 0 spiro atoms. The first-order chi connectivity index (χ1) is 28.9. The topological polar surface area (TPSA) is 330 Å².